The first-order valence-corrected chi connectivity index (χ1v) is 8.75. The molecule has 8 heteroatoms. The maximum Gasteiger partial charge on any atom is 0.272 e. The predicted molar refractivity (Wildman–Crippen MR) is 102 cm³/mol. The van der Waals surface area contributed by atoms with E-state index < -0.39 is 10.5 Å². The Hall–Kier alpha value is -2.90. The zero-order valence-corrected chi connectivity index (χ0v) is 16.8. The highest BCUT2D eigenvalue weighted by Gasteiger charge is 2.28. The van der Waals surface area contributed by atoms with Gasteiger partial charge in [0, 0.05) is 23.2 Å². The van der Waals surface area contributed by atoms with E-state index in [2.05, 4.69) is 10.4 Å². The van der Waals surface area contributed by atoms with Crippen LogP contribution in [0.5, 0.6) is 11.6 Å². The number of benzene rings is 1. The molecule has 0 aliphatic carbocycles. The van der Waals surface area contributed by atoms with Crippen LogP contribution in [0.25, 0.3) is 0 Å². The molecule has 27 heavy (non-hydrogen) atoms. The lowest BCUT2D eigenvalue weighted by atomic mass is 10.1. The molecule has 2 aromatic rings. The second-order valence-electron chi connectivity index (χ2n) is 7.80. The predicted octanol–water partition coefficient (Wildman–Crippen LogP) is 4.09. The first-order chi connectivity index (χ1) is 12.4. The Bertz CT molecular complexity index is 879. The van der Waals surface area contributed by atoms with Gasteiger partial charge in [0.2, 0.25) is 5.88 Å². The molecule has 1 amide bonds. The maximum absolute atomic E-state index is 12.5. The fourth-order valence-electron chi connectivity index (χ4n) is 2.61. The number of nitro groups is 1. The van der Waals surface area contributed by atoms with Gasteiger partial charge in [0.1, 0.15) is 5.75 Å². The minimum atomic E-state index is -0.432. The summed E-state index contributed by atoms with van der Waals surface area (Å²) in [5, 5.41) is 18.3. The van der Waals surface area contributed by atoms with Gasteiger partial charge in [0.25, 0.3) is 11.6 Å². The number of nitrogens with zero attached hydrogens (tertiary/aromatic N) is 3. The van der Waals surface area contributed by atoms with Crippen LogP contribution >= 0.6 is 0 Å². The van der Waals surface area contributed by atoms with E-state index in [0.29, 0.717) is 28.5 Å². The van der Waals surface area contributed by atoms with Crippen LogP contribution in [-0.2, 0) is 5.54 Å². The van der Waals surface area contributed by atoms with Gasteiger partial charge in [-0.3, -0.25) is 14.9 Å². The molecule has 0 atom stereocenters. The Morgan fingerprint density at radius 2 is 1.93 bits per heavy atom. The number of hydrogen-bond acceptors (Lipinski definition) is 5. The molecular weight excluding hydrogens is 348 g/mol. The van der Waals surface area contributed by atoms with Crippen LogP contribution in [0.15, 0.2) is 18.2 Å². The van der Waals surface area contributed by atoms with Crippen molar-refractivity contribution >= 4 is 11.6 Å². The van der Waals surface area contributed by atoms with Crippen molar-refractivity contribution < 1.29 is 14.5 Å². The molecule has 0 aliphatic rings. The van der Waals surface area contributed by atoms with Crippen molar-refractivity contribution in [3.8, 4) is 11.6 Å². The second kappa shape index (κ2) is 7.38. The Kier molecular flexibility index (Phi) is 5.58. The van der Waals surface area contributed by atoms with Gasteiger partial charge in [-0.2, -0.15) is 5.10 Å². The molecule has 0 aliphatic heterocycles. The van der Waals surface area contributed by atoms with Crippen molar-refractivity contribution in [1.29, 1.82) is 0 Å². The highest BCUT2D eigenvalue weighted by Crippen LogP contribution is 2.33. The van der Waals surface area contributed by atoms with E-state index in [-0.39, 0.29) is 17.6 Å². The van der Waals surface area contributed by atoms with E-state index in [1.807, 2.05) is 34.6 Å². The lowest BCUT2D eigenvalue weighted by molar-refractivity contribution is -0.385. The molecule has 1 N–H and O–H groups in total. The summed E-state index contributed by atoms with van der Waals surface area (Å²) < 4.78 is 7.68. The molecule has 1 aromatic carbocycles. The van der Waals surface area contributed by atoms with Gasteiger partial charge in [0.05, 0.1) is 10.5 Å². The van der Waals surface area contributed by atoms with Crippen molar-refractivity contribution in [1.82, 2.24) is 15.1 Å². The number of carbonyl (C=O) groups excluding carboxylic acids is 1. The molecule has 8 nitrogen and oxygen atoms in total. The minimum Gasteiger partial charge on any atom is -0.439 e. The van der Waals surface area contributed by atoms with Crippen molar-refractivity contribution in [3.63, 3.8) is 0 Å². The van der Waals surface area contributed by atoms with E-state index in [1.165, 1.54) is 6.07 Å². The average Bonchev–Trinajstić information content (AvgIpc) is 2.83. The van der Waals surface area contributed by atoms with Gasteiger partial charge in [-0.25, -0.2) is 4.68 Å². The molecule has 1 heterocycles. The van der Waals surface area contributed by atoms with Crippen molar-refractivity contribution in [3.05, 3.63) is 45.1 Å². The molecule has 0 unspecified atom stereocenters. The summed E-state index contributed by atoms with van der Waals surface area (Å²) in [6.45, 7) is 13.1. The van der Waals surface area contributed by atoms with Crippen LogP contribution in [0, 0.1) is 24.0 Å². The summed E-state index contributed by atoms with van der Waals surface area (Å²) >= 11 is 0. The summed E-state index contributed by atoms with van der Waals surface area (Å²) in [6, 6.07) is 4.53. The molecular formula is C19H26N4O4. The Morgan fingerprint density at radius 1 is 1.30 bits per heavy atom. The SMILES string of the molecule is Cc1cc(Oc2c(C)c(C(=O)NC(C)C)nn2C(C)(C)C)ccc1[N+](=O)[O-]. The molecule has 146 valence electrons. The fourth-order valence-corrected chi connectivity index (χ4v) is 2.61. The number of rotatable bonds is 5. The van der Waals surface area contributed by atoms with E-state index in [4.69, 9.17) is 4.74 Å². The number of aryl methyl sites for hydroxylation is 1. The number of nitro benzene ring substituents is 1. The van der Waals surface area contributed by atoms with Crippen molar-refractivity contribution in [2.45, 2.75) is 60.0 Å². The van der Waals surface area contributed by atoms with Gasteiger partial charge in [-0.1, -0.05) is 0 Å². The summed E-state index contributed by atoms with van der Waals surface area (Å²) in [7, 11) is 0. The average molecular weight is 374 g/mol. The van der Waals surface area contributed by atoms with Crippen molar-refractivity contribution in [2.75, 3.05) is 0 Å². The quantitative estimate of drug-likeness (QED) is 0.627. The first-order valence-electron chi connectivity index (χ1n) is 8.75. The molecule has 0 spiro atoms. The topological polar surface area (TPSA) is 99.3 Å². The van der Waals surface area contributed by atoms with Crippen molar-refractivity contribution in [2.24, 2.45) is 0 Å². The Balaban J connectivity index is 2.49. The highest BCUT2D eigenvalue weighted by molar-refractivity contribution is 5.94. The largest absolute Gasteiger partial charge is 0.439 e. The molecule has 0 radical (unpaired) electrons. The number of ether oxygens (including phenoxy) is 1. The molecule has 2 rings (SSSR count). The number of amides is 1. The Labute approximate surface area is 158 Å². The molecule has 0 bridgehead atoms. The minimum absolute atomic E-state index is 0.0154. The molecule has 0 fully saturated rings. The van der Waals surface area contributed by atoms with Crippen LogP contribution in [0.3, 0.4) is 0 Å². The maximum atomic E-state index is 12.5. The fraction of sp³-hybridized carbons (Fsp3) is 0.474. The second-order valence-corrected chi connectivity index (χ2v) is 7.80. The van der Waals surface area contributed by atoms with E-state index in [1.54, 1.807) is 30.7 Å². The van der Waals surface area contributed by atoms with Gasteiger partial charge in [-0.15, -0.1) is 0 Å². The smallest absolute Gasteiger partial charge is 0.272 e. The standard InChI is InChI=1S/C19H26N4O4/c1-11(2)20-17(24)16-13(4)18(22(21-16)19(5,6)7)27-14-8-9-15(23(25)26)12(3)10-14/h8-11H,1-7H3,(H,20,24). The van der Waals surface area contributed by atoms with Gasteiger partial charge < -0.3 is 10.1 Å². The van der Waals surface area contributed by atoms with Gasteiger partial charge >= 0.3 is 0 Å². The van der Waals surface area contributed by atoms with E-state index in [0.717, 1.165) is 0 Å². The third kappa shape index (κ3) is 4.45. The number of carbonyl (C=O) groups is 1. The van der Waals surface area contributed by atoms with Crippen LogP contribution < -0.4 is 10.1 Å². The summed E-state index contributed by atoms with van der Waals surface area (Å²) in [5.74, 6) is 0.613. The zero-order chi connectivity index (χ0) is 20.5. The van der Waals surface area contributed by atoms with Gasteiger partial charge in [0.15, 0.2) is 5.69 Å². The molecule has 1 aromatic heterocycles. The number of hydrogen-bond donors (Lipinski definition) is 1. The Morgan fingerprint density at radius 3 is 2.41 bits per heavy atom. The summed E-state index contributed by atoms with van der Waals surface area (Å²) in [6.07, 6.45) is 0. The third-order valence-corrected chi connectivity index (χ3v) is 3.92. The first kappa shape index (κ1) is 20.4. The lowest BCUT2D eigenvalue weighted by Gasteiger charge is -2.22. The molecule has 0 saturated heterocycles. The summed E-state index contributed by atoms with van der Waals surface area (Å²) in [4.78, 5) is 23.0. The third-order valence-electron chi connectivity index (χ3n) is 3.92. The van der Waals surface area contributed by atoms with Crippen LogP contribution in [0.1, 0.15) is 56.2 Å². The van der Waals surface area contributed by atoms with E-state index >= 15 is 0 Å². The van der Waals surface area contributed by atoms with E-state index in [9.17, 15) is 14.9 Å². The van der Waals surface area contributed by atoms with Gasteiger partial charge in [-0.05, 0) is 60.6 Å². The molecule has 0 saturated carbocycles. The zero-order valence-electron chi connectivity index (χ0n) is 16.8. The van der Waals surface area contributed by atoms with Crippen LogP contribution in [-0.4, -0.2) is 26.7 Å². The lowest BCUT2D eigenvalue weighted by Crippen LogP contribution is -2.31. The number of nitrogens with one attached hydrogen (secondary N) is 1. The summed E-state index contributed by atoms with van der Waals surface area (Å²) in [5.41, 5.74) is 1.01. The highest BCUT2D eigenvalue weighted by atomic mass is 16.6. The number of aromatic nitrogens is 2. The normalized spacial score (nSPS) is 11.6. The monoisotopic (exact) mass is 374 g/mol. The van der Waals surface area contributed by atoms with Crippen LogP contribution in [0.4, 0.5) is 5.69 Å². The van der Waals surface area contributed by atoms with Crippen LogP contribution in [0.2, 0.25) is 0 Å².